The van der Waals surface area contributed by atoms with E-state index < -0.39 is 0 Å². The van der Waals surface area contributed by atoms with Gasteiger partial charge in [0.25, 0.3) is 0 Å². The van der Waals surface area contributed by atoms with E-state index in [2.05, 4.69) is 22.7 Å². The maximum atomic E-state index is 5.25. The van der Waals surface area contributed by atoms with Crippen molar-refractivity contribution in [1.29, 1.82) is 0 Å². The second kappa shape index (κ2) is 5.82. The van der Waals surface area contributed by atoms with Crippen molar-refractivity contribution >= 4 is 29.1 Å². The highest BCUT2D eigenvalue weighted by Gasteiger charge is 1.96. The number of nitrogens with one attached hydrogen (secondary N) is 1. The molecule has 0 saturated heterocycles. The summed E-state index contributed by atoms with van der Waals surface area (Å²) in [6, 6.07) is 1.86. The first-order valence-electron chi connectivity index (χ1n) is 3.79. The Labute approximate surface area is 86.2 Å². The third-order valence-corrected chi connectivity index (χ3v) is 2.42. The number of thiocarbonyl (C=S) groups is 1. The molecule has 6 heteroatoms. The second-order valence-corrected chi connectivity index (χ2v) is 3.88. The summed E-state index contributed by atoms with van der Waals surface area (Å²) in [4.78, 5) is 0. The maximum absolute atomic E-state index is 5.25. The molecule has 0 amide bonds. The number of hydrogen-bond donors (Lipinski definition) is 2. The van der Waals surface area contributed by atoms with Crippen LogP contribution >= 0.6 is 24.0 Å². The van der Waals surface area contributed by atoms with E-state index in [1.165, 1.54) is 0 Å². The first-order chi connectivity index (χ1) is 6.29. The fraction of sp³-hybridized carbons (Fsp3) is 0.429. The zero-order valence-electron chi connectivity index (χ0n) is 7.03. The molecular weight excluding hydrogens is 206 g/mol. The minimum Gasteiger partial charge on any atom is -0.376 e. The SMILES string of the molecule is NC(=S)NCCSCc1ccon1. The number of nitrogens with zero attached hydrogens (tertiary/aromatic N) is 1. The van der Waals surface area contributed by atoms with Gasteiger partial charge in [0.2, 0.25) is 0 Å². The fourth-order valence-corrected chi connectivity index (χ4v) is 1.59. The molecule has 0 atom stereocenters. The van der Waals surface area contributed by atoms with Gasteiger partial charge in [-0.05, 0) is 12.2 Å². The van der Waals surface area contributed by atoms with Gasteiger partial charge in [0, 0.05) is 24.1 Å². The minimum absolute atomic E-state index is 0.349. The molecule has 1 aromatic heterocycles. The third-order valence-electron chi connectivity index (χ3n) is 1.29. The summed E-state index contributed by atoms with van der Waals surface area (Å²) in [5.41, 5.74) is 6.21. The van der Waals surface area contributed by atoms with Crippen molar-refractivity contribution in [1.82, 2.24) is 10.5 Å². The van der Waals surface area contributed by atoms with E-state index in [0.717, 1.165) is 23.7 Å². The molecule has 0 bridgehead atoms. The molecule has 0 radical (unpaired) electrons. The molecule has 0 fully saturated rings. The predicted molar refractivity (Wildman–Crippen MR) is 57.5 cm³/mol. The topological polar surface area (TPSA) is 64.1 Å². The standard InChI is InChI=1S/C7H11N3OS2/c8-7(12)9-2-4-13-5-6-1-3-11-10-6/h1,3H,2,4-5H2,(H3,8,9,12). The van der Waals surface area contributed by atoms with E-state index in [-0.39, 0.29) is 0 Å². The number of hydrogen-bond acceptors (Lipinski definition) is 4. The van der Waals surface area contributed by atoms with E-state index in [4.69, 9.17) is 10.3 Å². The van der Waals surface area contributed by atoms with Crippen LogP contribution in [-0.2, 0) is 5.75 Å². The van der Waals surface area contributed by atoms with Crippen LogP contribution in [0.25, 0.3) is 0 Å². The molecule has 0 aliphatic heterocycles. The summed E-state index contributed by atoms with van der Waals surface area (Å²) in [5.74, 6) is 1.81. The van der Waals surface area contributed by atoms with E-state index in [9.17, 15) is 0 Å². The number of thioether (sulfide) groups is 1. The van der Waals surface area contributed by atoms with Crippen molar-refractivity contribution in [2.75, 3.05) is 12.3 Å². The molecule has 0 aromatic carbocycles. The molecule has 3 N–H and O–H groups in total. The molecule has 1 rings (SSSR count). The van der Waals surface area contributed by atoms with Gasteiger partial charge in [0.05, 0.1) is 5.69 Å². The van der Waals surface area contributed by atoms with Crippen molar-refractivity contribution in [3.63, 3.8) is 0 Å². The lowest BCUT2D eigenvalue weighted by atomic mass is 10.5. The Morgan fingerprint density at radius 2 is 2.62 bits per heavy atom. The Morgan fingerprint density at radius 3 is 3.23 bits per heavy atom. The van der Waals surface area contributed by atoms with Crippen LogP contribution in [0.1, 0.15) is 5.69 Å². The number of aromatic nitrogens is 1. The van der Waals surface area contributed by atoms with E-state index in [1.807, 2.05) is 6.07 Å². The van der Waals surface area contributed by atoms with Crippen LogP contribution in [-0.4, -0.2) is 22.6 Å². The Hall–Kier alpha value is -0.750. The van der Waals surface area contributed by atoms with Gasteiger partial charge in [-0.1, -0.05) is 5.16 Å². The molecule has 1 aromatic rings. The van der Waals surface area contributed by atoms with Crippen molar-refractivity contribution in [3.05, 3.63) is 18.0 Å². The Balaban J connectivity index is 1.99. The lowest BCUT2D eigenvalue weighted by molar-refractivity contribution is 0.414. The van der Waals surface area contributed by atoms with Gasteiger partial charge < -0.3 is 15.6 Å². The Bertz CT molecular complexity index is 250. The molecule has 4 nitrogen and oxygen atoms in total. The summed E-state index contributed by atoms with van der Waals surface area (Å²) in [7, 11) is 0. The van der Waals surface area contributed by atoms with E-state index >= 15 is 0 Å². The molecule has 72 valence electrons. The number of rotatable bonds is 5. The maximum Gasteiger partial charge on any atom is 0.163 e. The van der Waals surface area contributed by atoms with Crippen molar-refractivity contribution in [2.45, 2.75) is 5.75 Å². The van der Waals surface area contributed by atoms with Gasteiger partial charge in [-0.2, -0.15) is 11.8 Å². The van der Waals surface area contributed by atoms with Gasteiger partial charge >= 0.3 is 0 Å². The molecule has 0 unspecified atom stereocenters. The van der Waals surface area contributed by atoms with Crippen LogP contribution in [0.5, 0.6) is 0 Å². The molecule has 0 aliphatic carbocycles. The molecule has 0 saturated carbocycles. The van der Waals surface area contributed by atoms with E-state index in [1.54, 1.807) is 18.0 Å². The Kier molecular flexibility index (Phi) is 4.63. The molecule has 0 spiro atoms. The summed E-state index contributed by atoms with van der Waals surface area (Å²) < 4.78 is 4.69. The van der Waals surface area contributed by atoms with Gasteiger partial charge in [0.15, 0.2) is 5.11 Å². The third kappa shape index (κ3) is 4.74. The van der Waals surface area contributed by atoms with Crippen LogP contribution in [0.3, 0.4) is 0 Å². The highest BCUT2D eigenvalue weighted by atomic mass is 32.2. The fourth-order valence-electron chi connectivity index (χ4n) is 0.735. The van der Waals surface area contributed by atoms with Crippen LogP contribution < -0.4 is 11.1 Å². The average Bonchev–Trinajstić information content (AvgIpc) is 2.55. The minimum atomic E-state index is 0.349. The first-order valence-corrected chi connectivity index (χ1v) is 5.35. The van der Waals surface area contributed by atoms with Crippen molar-refractivity contribution in [2.24, 2.45) is 5.73 Å². The van der Waals surface area contributed by atoms with Crippen LogP contribution in [0.2, 0.25) is 0 Å². The average molecular weight is 217 g/mol. The second-order valence-electron chi connectivity index (χ2n) is 2.33. The predicted octanol–water partition coefficient (Wildman–Crippen LogP) is 0.741. The zero-order chi connectivity index (χ0) is 9.52. The molecule has 0 aliphatic rings. The summed E-state index contributed by atoms with van der Waals surface area (Å²) >= 11 is 6.41. The van der Waals surface area contributed by atoms with Gasteiger partial charge in [-0.25, -0.2) is 0 Å². The summed E-state index contributed by atoms with van der Waals surface area (Å²) in [6.07, 6.45) is 1.57. The van der Waals surface area contributed by atoms with Crippen molar-refractivity contribution < 1.29 is 4.52 Å². The smallest absolute Gasteiger partial charge is 0.163 e. The van der Waals surface area contributed by atoms with E-state index in [0.29, 0.717) is 5.11 Å². The van der Waals surface area contributed by atoms with Gasteiger partial charge in [-0.3, -0.25) is 0 Å². The summed E-state index contributed by atoms with van der Waals surface area (Å²) in [6.45, 7) is 0.790. The zero-order valence-corrected chi connectivity index (χ0v) is 8.66. The highest BCUT2D eigenvalue weighted by molar-refractivity contribution is 7.98. The number of nitrogens with two attached hydrogens (primary N) is 1. The Morgan fingerprint density at radius 1 is 1.77 bits per heavy atom. The largest absolute Gasteiger partial charge is 0.376 e. The lowest BCUT2D eigenvalue weighted by Crippen LogP contribution is -2.30. The summed E-state index contributed by atoms with van der Waals surface area (Å²) in [5, 5.41) is 7.00. The molecule has 13 heavy (non-hydrogen) atoms. The highest BCUT2D eigenvalue weighted by Crippen LogP contribution is 2.08. The monoisotopic (exact) mass is 217 g/mol. The van der Waals surface area contributed by atoms with Crippen LogP contribution in [0, 0.1) is 0 Å². The molecule has 1 heterocycles. The van der Waals surface area contributed by atoms with Gasteiger partial charge in [0.1, 0.15) is 6.26 Å². The van der Waals surface area contributed by atoms with Crippen LogP contribution in [0.4, 0.5) is 0 Å². The van der Waals surface area contributed by atoms with Crippen molar-refractivity contribution in [3.8, 4) is 0 Å². The van der Waals surface area contributed by atoms with Crippen LogP contribution in [0.15, 0.2) is 16.9 Å². The molecular formula is C7H11N3OS2. The van der Waals surface area contributed by atoms with Gasteiger partial charge in [-0.15, -0.1) is 0 Å². The lowest BCUT2D eigenvalue weighted by Gasteiger charge is -2.01. The normalized spacial score (nSPS) is 9.85. The quantitative estimate of drug-likeness (QED) is 0.560. The first kappa shape index (κ1) is 10.3.